The summed E-state index contributed by atoms with van der Waals surface area (Å²) in [6, 6.07) is 1.97. The van der Waals surface area contributed by atoms with Crippen molar-refractivity contribution in [1.82, 2.24) is 9.55 Å². The number of aromatic nitrogens is 2. The number of aryl methyl sites for hydroxylation is 2. The van der Waals surface area contributed by atoms with E-state index in [-0.39, 0.29) is 5.56 Å². The van der Waals surface area contributed by atoms with Crippen LogP contribution in [-0.4, -0.2) is 9.55 Å². The van der Waals surface area contributed by atoms with Crippen molar-refractivity contribution >= 4 is 21.6 Å². The van der Waals surface area contributed by atoms with Gasteiger partial charge < -0.3 is 0 Å². The van der Waals surface area contributed by atoms with Crippen LogP contribution in [0.4, 0.5) is 0 Å². The first-order valence-corrected chi connectivity index (χ1v) is 8.92. The fourth-order valence-electron chi connectivity index (χ4n) is 2.73. The monoisotopic (exact) mass is 306 g/mol. The van der Waals surface area contributed by atoms with Crippen molar-refractivity contribution in [2.75, 3.05) is 0 Å². The van der Waals surface area contributed by atoms with Gasteiger partial charge in [-0.1, -0.05) is 45.4 Å². The highest BCUT2D eigenvalue weighted by Gasteiger charge is 2.10. The molecule has 0 aromatic carbocycles. The summed E-state index contributed by atoms with van der Waals surface area (Å²) in [6.07, 6.45) is 8.86. The normalized spacial score (nSPS) is 11.4. The molecule has 21 heavy (non-hydrogen) atoms. The smallest absolute Gasteiger partial charge is 0.262 e. The maximum atomic E-state index is 12.5. The van der Waals surface area contributed by atoms with E-state index in [0.717, 1.165) is 33.9 Å². The van der Waals surface area contributed by atoms with Gasteiger partial charge in [0.1, 0.15) is 10.7 Å². The first kappa shape index (κ1) is 16.2. The molecule has 0 saturated heterocycles. The van der Waals surface area contributed by atoms with Crippen LogP contribution in [-0.2, 0) is 6.54 Å². The molecule has 0 aliphatic rings. The summed E-state index contributed by atoms with van der Waals surface area (Å²) in [5, 5.41) is 0.783. The van der Waals surface area contributed by atoms with E-state index in [0.29, 0.717) is 0 Å². The molecule has 2 heterocycles. The van der Waals surface area contributed by atoms with Crippen molar-refractivity contribution in [3.8, 4) is 0 Å². The van der Waals surface area contributed by atoms with E-state index in [1.165, 1.54) is 38.5 Å². The first-order chi connectivity index (χ1) is 10.1. The van der Waals surface area contributed by atoms with E-state index in [1.54, 1.807) is 11.3 Å². The molecule has 0 saturated carbocycles. The Bertz CT molecular complexity index is 642. The number of fused-ring (bicyclic) bond motifs is 1. The zero-order chi connectivity index (χ0) is 15.2. The number of rotatable bonds is 8. The van der Waals surface area contributed by atoms with Gasteiger partial charge in [0.05, 0.1) is 5.39 Å². The predicted molar refractivity (Wildman–Crippen MR) is 91.3 cm³/mol. The molecule has 0 N–H and O–H groups in total. The Labute approximate surface area is 131 Å². The van der Waals surface area contributed by atoms with Crippen LogP contribution >= 0.6 is 11.3 Å². The SMILES string of the molecule is CCCCCCCCCn1c(C)nc2sc(C)cc2c1=O. The molecule has 2 aromatic rings. The Morgan fingerprint density at radius 1 is 1.10 bits per heavy atom. The summed E-state index contributed by atoms with van der Waals surface area (Å²) in [6.45, 7) is 7.01. The molecular weight excluding hydrogens is 280 g/mol. The Kier molecular flexibility index (Phi) is 5.97. The molecule has 0 radical (unpaired) electrons. The van der Waals surface area contributed by atoms with Crippen LogP contribution in [0.5, 0.6) is 0 Å². The molecule has 0 spiro atoms. The lowest BCUT2D eigenvalue weighted by molar-refractivity contribution is 0.534. The molecule has 2 rings (SSSR count). The van der Waals surface area contributed by atoms with E-state index < -0.39 is 0 Å². The minimum atomic E-state index is 0.132. The van der Waals surface area contributed by atoms with Crippen molar-refractivity contribution in [2.45, 2.75) is 72.3 Å². The van der Waals surface area contributed by atoms with Crippen molar-refractivity contribution in [2.24, 2.45) is 0 Å². The van der Waals surface area contributed by atoms with Crippen LogP contribution in [0.3, 0.4) is 0 Å². The van der Waals surface area contributed by atoms with Crippen LogP contribution in [0.25, 0.3) is 10.2 Å². The molecule has 0 aliphatic heterocycles. The molecule has 0 bridgehead atoms. The average Bonchev–Trinajstić information content (AvgIpc) is 2.81. The van der Waals surface area contributed by atoms with Crippen LogP contribution in [0.2, 0.25) is 0 Å². The van der Waals surface area contributed by atoms with Crippen LogP contribution in [0.1, 0.15) is 62.6 Å². The van der Waals surface area contributed by atoms with Gasteiger partial charge in [-0.25, -0.2) is 4.98 Å². The van der Waals surface area contributed by atoms with Gasteiger partial charge in [-0.05, 0) is 26.3 Å². The standard InChI is InChI=1S/C17H26N2OS/c1-4-5-6-7-8-9-10-11-19-14(3)18-16-15(17(19)20)12-13(2)21-16/h12H,4-11H2,1-3H3. The second-order valence-electron chi connectivity index (χ2n) is 5.81. The van der Waals surface area contributed by atoms with Gasteiger partial charge in [-0.2, -0.15) is 0 Å². The molecule has 0 aliphatic carbocycles. The van der Waals surface area contributed by atoms with Crippen molar-refractivity contribution < 1.29 is 0 Å². The van der Waals surface area contributed by atoms with Gasteiger partial charge in [-0.15, -0.1) is 11.3 Å². The fraction of sp³-hybridized carbons (Fsp3) is 0.647. The summed E-state index contributed by atoms with van der Waals surface area (Å²) < 4.78 is 1.85. The van der Waals surface area contributed by atoms with Crippen molar-refractivity contribution in [1.29, 1.82) is 0 Å². The lowest BCUT2D eigenvalue weighted by Gasteiger charge is -2.09. The van der Waals surface area contributed by atoms with Gasteiger partial charge in [0, 0.05) is 11.4 Å². The van der Waals surface area contributed by atoms with E-state index in [2.05, 4.69) is 11.9 Å². The summed E-state index contributed by atoms with van der Waals surface area (Å²) in [5.74, 6) is 0.848. The summed E-state index contributed by atoms with van der Waals surface area (Å²) in [7, 11) is 0. The molecule has 116 valence electrons. The minimum absolute atomic E-state index is 0.132. The third-order valence-corrected chi connectivity index (χ3v) is 4.89. The highest BCUT2D eigenvalue weighted by atomic mass is 32.1. The molecule has 2 aromatic heterocycles. The van der Waals surface area contributed by atoms with Crippen LogP contribution < -0.4 is 5.56 Å². The second kappa shape index (κ2) is 7.74. The lowest BCUT2D eigenvalue weighted by atomic mass is 10.1. The molecule has 0 fully saturated rings. The predicted octanol–water partition coefficient (Wildman–Crippen LogP) is 4.83. The van der Waals surface area contributed by atoms with E-state index >= 15 is 0 Å². The largest absolute Gasteiger partial charge is 0.296 e. The first-order valence-electron chi connectivity index (χ1n) is 8.11. The summed E-state index contributed by atoms with van der Waals surface area (Å²) in [4.78, 5) is 19.1. The quantitative estimate of drug-likeness (QED) is 0.655. The Morgan fingerprint density at radius 3 is 2.48 bits per heavy atom. The molecule has 3 nitrogen and oxygen atoms in total. The Hall–Kier alpha value is -1.16. The van der Waals surface area contributed by atoms with Gasteiger partial charge in [0.15, 0.2) is 0 Å². The van der Waals surface area contributed by atoms with Crippen molar-refractivity contribution in [3.63, 3.8) is 0 Å². The highest BCUT2D eigenvalue weighted by Crippen LogP contribution is 2.20. The Balaban J connectivity index is 1.94. The van der Waals surface area contributed by atoms with Crippen LogP contribution in [0.15, 0.2) is 10.9 Å². The summed E-state index contributed by atoms with van der Waals surface area (Å²) >= 11 is 1.60. The molecule has 0 unspecified atom stereocenters. The number of unbranched alkanes of at least 4 members (excludes halogenated alkanes) is 6. The van der Waals surface area contributed by atoms with E-state index in [4.69, 9.17) is 0 Å². The topological polar surface area (TPSA) is 34.9 Å². The third-order valence-electron chi connectivity index (χ3n) is 3.95. The molecule has 0 atom stereocenters. The van der Waals surface area contributed by atoms with E-state index in [1.807, 2.05) is 24.5 Å². The minimum Gasteiger partial charge on any atom is -0.296 e. The maximum absolute atomic E-state index is 12.5. The zero-order valence-corrected chi connectivity index (χ0v) is 14.3. The third kappa shape index (κ3) is 4.16. The van der Waals surface area contributed by atoms with Gasteiger partial charge in [-0.3, -0.25) is 9.36 Å². The lowest BCUT2D eigenvalue weighted by Crippen LogP contribution is -2.23. The maximum Gasteiger partial charge on any atom is 0.262 e. The second-order valence-corrected chi connectivity index (χ2v) is 7.05. The van der Waals surface area contributed by atoms with Gasteiger partial charge in [0.2, 0.25) is 0 Å². The number of thiophene rings is 1. The van der Waals surface area contributed by atoms with Gasteiger partial charge >= 0.3 is 0 Å². The molecule has 4 heteroatoms. The van der Waals surface area contributed by atoms with Crippen molar-refractivity contribution in [3.05, 3.63) is 27.1 Å². The number of hydrogen-bond acceptors (Lipinski definition) is 3. The molecular formula is C17H26N2OS. The van der Waals surface area contributed by atoms with E-state index in [9.17, 15) is 4.79 Å². The zero-order valence-electron chi connectivity index (χ0n) is 13.4. The fourth-order valence-corrected chi connectivity index (χ4v) is 3.64. The highest BCUT2D eigenvalue weighted by molar-refractivity contribution is 7.18. The molecule has 0 amide bonds. The van der Waals surface area contributed by atoms with Gasteiger partial charge in [0.25, 0.3) is 5.56 Å². The summed E-state index contributed by atoms with van der Waals surface area (Å²) in [5.41, 5.74) is 0.132. The Morgan fingerprint density at radius 2 is 1.76 bits per heavy atom. The average molecular weight is 306 g/mol. The number of nitrogens with zero attached hydrogens (tertiary/aromatic N) is 2. The number of hydrogen-bond donors (Lipinski definition) is 0. The van der Waals surface area contributed by atoms with Crippen LogP contribution in [0, 0.1) is 13.8 Å².